The zero-order valence-corrected chi connectivity index (χ0v) is 36.2. The van der Waals surface area contributed by atoms with Gasteiger partial charge >= 0.3 is 0 Å². The largest absolute Gasteiger partial charge is 0.456 e. The van der Waals surface area contributed by atoms with E-state index in [1.54, 1.807) is 0 Å². The number of benzene rings is 10. The first-order chi connectivity index (χ1) is 32.7. The fourth-order valence-electron chi connectivity index (χ4n) is 10.0. The number of aromatic nitrogens is 3. The third kappa shape index (κ3) is 6.34. The summed E-state index contributed by atoms with van der Waals surface area (Å²) >= 11 is 0. The lowest BCUT2D eigenvalue weighted by molar-refractivity contribution is 0.603. The first-order valence-corrected chi connectivity index (χ1v) is 22.3. The molecule has 0 bridgehead atoms. The number of hydrogen-bond acceptors (Lipinski definition) is 4. The Morgan fingerprint density at radius 1 is 0.379 bits per heavy atom. The van der Waals surface area contributed by atoms with Crippen LogP contribution in [-0.2, 0) is 0 Å². The molecule has 0 spiro atoms. The number of allylic oxidation sites excluding steroid dienone is 1. The van der Waals surface area contributed by atoms with Crippen molar-refractivity contribution in [1.29, 1.82) is 0 Å². The van der Waals surface area contributed by atoms with Gasteiger partial charge in [-0.15, -0.1) is 0 Å². The number of furan rings is 1. The van der Waals surface area contributed by atoms with Crippen molar-refractivity contribution in [3.05, 3.63) is 236 Å². The van der Waals surface area contributed by atoms with Crippen molar-refractivity contribution < 1.29 is 4.42 Å². The topological polar surface area (TPSA) is 51.8 Å². The van der Waals surface area contributed by atoms with E-state index in [1.807, 2.05) is 66.7 Å². The van der Waals surface area contributed by atoms with Crippen molar-refractivity contribution >= 4 is 65.7 Å². The Hall–Kier alpha value is -8.73. The van der Waals surface area contributed by atoms with Crippen molar-refractivity contribution in [3.63, 3.8) is 0 Å². The molecular weight excluding hydrogens is 803 g/mol. The van der Waals surface area contributed by atoms with E-state index in [0.717, 1.165) is 77.2 Å². The average Bonchev–Trinajstić information content (AvgIpc) is 3.76. The van der Waals surface area contributed by atoms with Crippen molar-refractivity contribution in [3.8, 4) is 56.4 Å². The number of hydrogen-bond donors (Lipinski definition) is 0. The molecule has 4 nitrogen and oxygen atoms in total. The third-order valence-electron chi connectivity index (χ3n) is 12.9. The molecule has 12 aromatic rings. The van der Waals surface area contributed by atoms with E-state index in [1.165, 1.54) is 38.2 Å². The fourth-order valence-corrected chi connectivity index (χ4v) is 10.0. The Labute approximate surface area is 382 Å². The summed E-state index contributed by atoms with van der Waals surface area (Å²) in [6.07, 6.45) is 4.07. The molecule has 66 heavy (non-hydrogen) atoms. The number of fused-ring (bicyclic) bond motifs is 5. The molecule has 310 valence electrons. The minimum atomic E-state index is 0.617. The molecule has 0 saturated carbocycles. The maximum atomic E-state index is 6.74. The lowest BCUT2D eigenvalue weighted by Crippen LogP contribution is -2.02. The van der Waals surface area contributed by atoms with Crippen LogP contribution >= 0.6 is 0 Å². The van der Waals surface area contributed by atoms with Crippen LogP contribution < -0.4 is 0 Å². The van der Waals surface area contributed by atoms with E-state index in [0.29, 0.717) is 17.5 Å². The van der Waals surface area contributed by atoms with E-state index >= 15 is 0 Å². The molecule has 2 aromatic heterocycles. The summed E-state index contributed by atoms with van der Waals surface area (Å²) in [5, 5.41) is 10.1. The van der Waals surface area contributed by atoms with Crippen LogP contribution in [0.15, 0.2) is 223 Å². The molecule has 0 N–H and O–H groups in total. The molecule has 0 fully saturated rings. The highest BCUT2D eigenvalue weighted by molar-refractivity contribution is 6.23. The van der Waals surface area contributed by atoms with Crippen LogP contribution in [0.25, 0.3) is 122 Å². The Kier molecular flexibility index (Phi) is 9.50. The van der Waals surface area contributed by atoms with Crippen molar-refractivity contribution in [2.45, 2.75) is 6.92 Å². The summed E-state index contributed by atoms with van der Waals surface area (Å²) in [5.41, 5.74) is 11.5. The standard InChI is InChI=1S/C62H41N3O/c1-3-43(58-52-38-42(36-37-54(52)66-53(58)4-2)56-46-30-16-14-28-44(46)55(39-22-8-5-9-23-39)45-29-15-17-31-47(45)56)57-48-32-18-20-34-50(48)59(51-35-21-19-33-49(51)57)62-64-60(40-24-10-6-11-25-40)63-61(65-62)41-26-12-7-13-27-41/h3-38H,2H2,1H3/b43-3-. The molecular formula is C62H41N3O. The molecule has 0 aliphatic rings. The number of rotatable bonds is 8. The van der Waals surface area contributed by atoms with Crippen LogP contribution in [0.3, 0.4) is 0 Å². The summed E-state index contributed by atoms with van der Waals surface area (Å²) in [7, 11) is 0. The summed E-state index contributed by atoms with van der Waals surface area (Å²) in [5.74, 6) is 2.58. The first kappa shape index (κ1) is 38.9. The van der Waals surface area contributed by atoms with Crippen LogP contribution in [0.1, 0.15) is 23.8 Å². The maximum absolute atomic E-state index is 6.74. The SMILES string of the molecule is C=Cc1oc2ccc(-c3c4ccccc4c(-c4ccccc4)c4ccccc34)cc2c1/C(=C\C)c1c2ccccc2c(-c2nc(-c3ccccc3)nc(-c3ccccc3)n2)c2ccccc12. The van der Waals surface area contributed by atoms with Crippen LogP contribution in [0.2, 0.25) is 0 Å². The second kappa shape index (κ2) is 16.1. The van der Waals surface area contributed by atoms with Gasteiger partial charge in [0.15, 0.2) is 17.5 Å². The zero-order valence-electron chi connectivity index (χ0n) is 36.2. The van der Waals surface area contributed by atoms with E-state index < -0.39 is 0 Å². The molecule has 10 aromatic carbocycles. The lowest BCUT2D eigenvalue weighted by atomic mass is 9.83. The van der Waals surface area contributed by atoms with Crippen molar-refractivity contribution in [2.24, 2.45) is 0 Å². The number of nitrogens with zero attached hydrogens (tertiary/aromatic N) is 3. The second-order valence-corrected chi connectivity index (χ2v) is 16.5. The molecule has 12 rings (SSSR count). The maximum Gasteiger partial charge on any atom is 0.165 e. The summed E-state index contributed by atoms with van der Waals surface area (Å²) < 4.78 is 6.74. The van der Waals surface area contributed by atoms with Crippen molar-refractivity contribution in [1.82, 2.24) is 15.0 Å². The Morgan fingerprint density at radius 3 is 1.23 bits per heavy atom. The van der Waals surface area contributed by atoms with Gasteiger partial charge in [-0.05, 0) is 102 Å². The Morgan fingerprint density at radius 2 is 0.773 bits per heavy atom. The van der Waals surface area contributed by atoms with Gasteiger partial charge in [-0.2, -0.15) is 0 Å². The van der Waals surface area contributed by atoms with Crippen LogP contribution in [-0.4, -0.2) is 15.0 Å². The van der Waals surface area contributed by atoms with Gasteiger partial charge in [-0.3, -0.25) is 0 Å². The van der Waals surface area contributed by atoms with Gasteiger partial charge in [-0.25, -0.2) is 15.0 Å². The predicted octanol–water partition coefficient (Wildman–Crippen LogP) is 16.7. The van der Waals surface area contributed by atoms with Gasteiger partial charge in [0.05, 0.1) is 0 Å². The molecule has 0 amide bonds. The van der Waals surface area contributed by atoms with Crippen molar-refractivity contribution in [2.75, 3.05) is 0 Å². The first-order valence-electron chi connectivity index (χ1n) is 22.3. The van der Waals surface area contributed by atoms with Crippen LogP contribution in [0, 0.1) is 0 Å². The third-order valence-corrected chi connectivity index (χ3v) is 12.9. The highest BCUT2D eigenvalue weighted by Gasteiger charge is 2.26. The Balaban J connectivity index is 1.11. The molecule has 4 heteroatoms. The predicted molar refractivity (Wildman–Crippen MR) is 276 cm³/mol. The monoisotopic (exact) mass is 843 g/mol. The van der Waals surface area contributed by atoms with Gasteiger partial charge in [0.1, 0.15) is 11.3 Å². The Bertz CT molecular complexity index is 3720. The molecule has 0 unspecified atom stereocenters. The molecule has 0 aliphatic heterocycles. The molecule has 2 heterocycles. The molecule has 0 aliphatic carbocycles. The highest BCUT2D eigenvalue weighted by Crippen LogP contribution is 2.48. The smallest absolute Gasteiger partial charge is 0.165 e. The van der Waals surface area contributed by atoms with Gasteiger partial charge in [0, 0.05) is 27.6 Å². The van der Waals surface area contributed by atoms with E-state index in [-0.39, 0.29) is 0 Å². The van der Waals surface area contributed by atoms with Crippen LogP contribution in [0.4, 0.5) is 0 Å². The van der Waals surface area contributed by atoms with Gasteiger partial charge in [0.25, 0.3) is 0 Å². The molecule has 0 radical (unpaired) electrons. The summed E-state index contributed by atoms with van der Waals surface area (Å²) in [4.78, 5) is 15.5. The van der Waals surface area contributed by atoms with E-state index in [4.69, 9.17) is 19.4 Å². The minimum Gasteiger partial charge on any atom is -0.456 e. The quantitative estimate of drug-likeness (QED) is 0.143. The summed E-state index contributed by atoms with van der Waals surface area (Å²) in [6, 6.07) is 72.5. The zero-order chi connectivity index (χ0) is 44.1. The highest BCUT2D eigenvalue weighted by atomic mass is 16.3. The fraction of sp³-hybridized carbons (Fsp3) is 0.0161. The summed E-state index contributed by atoms with van der Waals surface area (Å²) in [6.45, 7) is 6.42. The average molecular weight is 844 g/mol. The molecule has 0 saturated heterocycles. The van der Waals surface area contributed by atoms with E-state index in [9.17, 15) is 0 Å². The second-order valence-electron chi connectivity index (χ2n) is 16.5. The van der Waals surface area contributed by atoms with Gasteiger partial charge < -0.3 is 4.42 Å². The normalized spacial score (nSPS) is 11.9. The van der Waals surface area contributed by atoms with Crippen LogP contribution in [0.5, 0.6) is 0 Å². The molecule has 0 atom stereocenters. The lowest BCUT2D eigenvalue weighted by Gasteiger charge is -2.19. The van der Waals surface area contributed by atoms with E-state index in [2.05, 4.69) is 165 Å². The minimum absolute atomic E-state index is 0.617. The van der Waals surface area contributed by atoms with Gasteiger partial charge in [-0.1, -0.05) is 207 Å². The van der Waals surface area contributed by atoms with Gasteiger partial charge in [0.2, 0.25) is 0 Å².